The average molecular weight is 371 g/mol. The molecule has 4 nitrogen and oxygen atoms in total. The molecule has 1 aromatic carbocycles. The maximum Gasteiger partial charge on any atom is 0.309 e. The van der Waals surface area contributed by atoms with Crippen LogP contribution >= 0.6 is 46.4 Å². The second kappa shape index (κ2) is 6.61. The van der Waals surface area contributed by atoms with E-state index in [1.54, 1.807) is 0 Å². The first-order valence-electron chi connectivity index (χ1n) is 6.10. The summed E-state index contributed by atoms with van der Waals surface area (Å²) in [6, 6.07) is 1.37. The smallest absolute Gasteiger partial charge is 0.309 e. The minimum Gasteiger partial charge on any atom is -0.455 e. The van der Waals surface area contributed by atoms with E-state index in [1.807, 2.05) is 6.92 Å². The van der Waals surface area contributed by atoms with E-state index >= 15 is 0 Å². The molecule has 2 unspecified atom stereocenters. The number of carbonyl (C=O) groups is 2. The Hall–Kier alpha value is -0.680. The van der Waals surface area contributed by atoms with E-state index in [-0.39, 0.29) is 37.7 Å². The highest BCUT2D eigenvalue weighted by Crippen LogP contribution is 2.41. The van der Waals surface area contributed by atoms with Gasteiger partial charge in [0.1, 0.15) is 0 Å². The van der Waals surface area contributed by atoms with Crippen LogP contribution in [0.2, 0.25) is 20.1 Å². The van der Waals surface area contributed by atoms with E-state index < -0.39 is 12.5 Å². The molecule has 0 aromatic heterocycles. The van der Waals surface area contributed by atoms with Gasteiger partial charge in [-0.15, -0.1) is 0 Å². The maximum absolute atomic E-state index is 11.8. The molecule has 1 amide bonds. The fourth-order valence-electron chi connectivity index (χ4n) is 1.75. The van der Waals surface area contributed by atoms with E-state index in [9.17, 15) is 9.59 Å². The number of hydrogen-bond acceptors (Lipinski definition) is 3. The first-order valence-corrected chi connectivity index (χ1v) is 7.62. The number of nitrogens with one attached hydrogen (secondary N) is 1. The standard InChI is InChI=1S/C13H11Cl4NO3/c1-5-2-6(5)13(20)21-4-9(19)18-12-10(16)7(14)3-8(15)11(12)17/h3,5-6H,2,4H2,1H3,(H,18,19). The second-order valence-electron chi connectivity index (χ2n) is 4.82. The zero-order valence-electron chi connectivity index (χ0n) is 10.9. The molecule has 0 spiro atoms. The quantitative estimate of drug-likeness (QED) is 0.629. The monoisotopic (exact) mass is 369 g/mol. The van der Waals surface area contributed by atoms with Gasteiger partial charge in [0, 0.05) is 0 Å². The summed E-state index contributed by atoms with van der Waals surface area (Å²) in [5.74, 6) is -0.737. The predicted octanol–water partition coefficient (Wildman–Crippen LogP) is 4.44. The molecule has 1 aliphatic rings. The Morgan fingerprint density at radius 3 is 2.24 bits per heavy atom. The molecule has 1 saturated carbocycles. The Balaban J connectivity index is 1.98. The number of ether oxygens (including phenoxy) is 1. The van der Waals surface area contributed by atoms with Crippen molar-refractivity contribution in [3.63, 3.8) is 0 Å². The number of rotatable bonds is 4. The third-order valence-corrected chi connectivity index (χ3v) is 4.71. The summed E-state index contributed by atoms with van der Waals surface area (Å²) in [4.78, 5) is 23.3. The van der Waals surface area contributed by atoms with Crippen molar-refractivity contribution in [3.05, 3.63) is 26.2 Å². The van der Waals surface area contributed by atoms with Gasteiger partial charge in [-0.3, -0.25) is 9.59 Å². The summed E-state index contributed by atoms with van der Waals surface area (Å²) in [5.41, 5.74) is 0.0941. The van der Waals surface area contributed by atoms with Gasteiger partial charge < -0.3 is 10.1 Å². The topological polar surface area (TPSA) is 55.4 Å². The molecule has 8 heteroatoms. The molecule has 0 bridgehead atoms. The zero-order chi connectivity index (χ0) is 15.7. The molecule has 2 rings (SSSR count). The lowest BCUT2D eigenvalue weighted by molar-refractivity contribution is -0.148. The summed E-state index contributed by atoms with van der Waals surface area (Å²) in [5, 5.41) is 2.89. The number of amides is 1. The van der Waals surface area contributed by atoms with Gasteiger partial charge in [-0.25, -0.2) is 0 Å². The fourth-order valence-corrected chi connectivity index (χ4v) is 2.66. The van der Waals surface area contributed by atoms with E-state index in [1.165, 1.54) is 6.07 Å². The molecule has 1 N–H and O–H groups in total. The largest absolute Gasteiger partial charge is 0.455 e. The van der Waals surface area contributed by atoms with Crippen LogP contribution in [0.1, 0.15) is 13.3 Å². The lowest BCUT2D eigenvalue weighted by atomic mass is 10.3. The van der Waals surface area contributed by atoms with E-state index in [0.29, 0.717) is 5.92 Å². The van der Waals surface area contributed by atoms with Gasteiger partial charge in [-0.2, -0.15) is 0 Å². The summed E-state index contributed by atoms with van der Waals surface area (Å²) in [6.07, 6.45) is 0.794. The molecule has 0 saturated heterocycles. The van der Waals surface area contributed by atoms with Crippen LogP contribution in [0, 0.1) is 11.8 Å². The van der Waals surface area contributed by atoms with Crippen LogP contribution in [0.15, 0.2) is 6.07 Å². The number of benzene rings is 1. The number of esters is 1. The normalized spacial score (nSPS) is 20.0. The van der Waals surface area contributed by atoms with Crippen LogP contribution in [-0.2, 0) is 14.3 Å². The second-order valence-corrected chi connectivity index (χ2v) is 6.39. The third-order valence-electron chi connectivity index (χ3n) is 3.13. The van der Waals surface area contributed by atoms with E-state index in [0.717, 1.165) is 6.42 Å². The number of hydrogen-bond donors (Lipinski definition) is 1. The molecule has 0 heterocycles. The molecular weight excluding hydrogens is 360 g/mol. The minimum absolute atomic E-state index is 0.0709. The van der Waals surface area contributed by atoms with Crippen LogP contribution in [0.4, 0.5) is 5.69 Å². The maximum atomic E-state index is 11.8. The fraction of sp³-hybridized carbons (Fsp3) is 0.385. The molecule has 114 valence electrons. The Morgan fingerprint density at radius 1 is 1.24 bits per heavy atom. The minimum atomic E-state index is -0.571. The molecule has 21 heavy (non-hydrogen) atoms. The molecule has 1 fully saturated rings. The summed E-state index contributed by atoms with van der Waals surface area (Å²) >= 11 is 23.6. The van der Waals surface area contributed by atoms with Crippen LogP contribution < -0.4 is 5.32 Å². The van der Waals surface area contributed by atoms with Gasteiger partial charge >= 0.3 is 5.97 Å². The molecule has 0 aliphatic heterocycles. The molecular formula is C13H11Cl4NO3. The van der Waals surface area contributed by atoms with Crippen LogP contribution in [0.5, 0.6) is 0 Å². The molecule has 0 radical (unpaired) electrons. The first-order chi connectivity index (χ1) is 9.81. The van der Waals surface area contributed by atoms with Crippen LogP contribution in [0.3, 0.4) is 0 Å². The number of halogens is 4. The van der Waals surface area contributed by atoms with Crippen molar-refractivity contribution in [3.8, 4) is 0 Å². The Labute approximate surface area is 141 Å². The van der Waals surface area contributed by atoms with E-state index in [4.69, 9.17) is 51.1 Å². The van der Waals surface area contributed by atoms with Crippen molar-refractivity contribution in [2.75, 3.05) is 11.9 Å². The van der Waals surface area contributed by atoms with Gasteiger partial charge in [0.2, 0.25) is 0 Å². The Bertz CT molecular complexity index is 579. The average Bonchev–Trinajstić information content (AvgIpc) is 3.16. The number of anilines is 1. The SMILES string of the molecule is CC1CC1C(=O)OCC(=O)Nc1c(Cl)c(Cl)cc(Cl)c1Cl. The Kier molecular flexibility index (Phi) is 5.25. The van der Waals surface area contributed by atoms with Crippen LogP contribution in [-0.4, -0.2) is 18.5 Å². The first kappa shape index (κ1) is 16.7. The van der Waals surface area contributed by atoms with Crippen molar-refractivity contribution in [2.24, 2.45) is 11.8 Å². The lowest BCUT2D eigenvalue weighted by Crippen LogP contribution is -2.22. The van der Waals surface area contributed by atoms with Gasteiger partial charge in [-0.05, 0) is 18.4 Å². The highest BCUT2D eigenvalue weighted by atomic mass is 35.5. The van der Waals surface area contributed by atoms with Gasteiger partial charge in [0.25, 0.3) is 5.91 Å². The van der Waals surface area contributed by atoms with Crippen molar-refractivity contribution < 1.29 is 14.3 Å². The predicted molar refractivity (Wildman–Crippen MR) is 83.3 cm³/mol. The molecule has 2 atom stereocenters. The molecule has 1 aliphatic carbocycles. The van der Waals surface area contributed by atoms with Crippen molar-refractivity contribution in [1.82, 2.24) is 0 Å². The summed E-state index contributed by atoms with van der Waals surface area (Å²) < 4.78 is 4.91. The Morgan fingerprint density at radius 2 is 1.76 bits per heavy atom. The molecule has 1 aromatic rings. The summed E-state index contributed by atoms with van der Waals surface area (Å²) in [7, 11) is 0. The highest BCUT2D eigenvalue weighted by molar-refractivity contribution is 6.50. The van der Waals surface area contributed by atoms with Gasteiger partial charge in [0.05, 0.1) is 31.7 Å². The third kappa shape index (κ3) is 3.95. The van der Waals surface area contributed by atoms with Crippen molar-refractivity contribution in [2.45, 2.75) is 13.3 Å². The number of carbonyl (C=O) groups excluding carboxylic acids is 2. The van der Waals surface area contributed by atoms with Crippen LogP contribution in [0.25, 0.3) is 0 Å². The van der Waals surface area contributed by atoms with Gasteiger partial charge in [0.15, 0.2) is 6.61 Å². The zero-order valence-corrected chi connectivity index (χ0v) is 13.9. The van der Waals surface area contributed by atoms with Gasteiger partial charge in [-0.1, -0.05) is 53.3 Å². The summed E-state index contributed by atoms with van der Waals surface area (Å²) in [6.45, 7) is 1.53. The van der Waals surface area contributed by atoms with Crippen molar-refractivity contribution >= 4 is 64.0 Å². The highest BCUT2D eigenvalue weighted by Gasteiger charge is 2.40. The van der Waals surface area contributed by atoms with E-state index in [2.05, 4.69) is 5.32 Å². The van der Waals surface area contributed by atoms with Crippen molar-refractivity contribution in [1.29, 1.82) is 0 Å². The lowest BCUT2D eigenvalue weighted by Gasteiger charge is -2.12.